The van der Waals surface area contributed by atoms with E-state index < -0.39 is 0 Å². The maximum Gasteiger partial charge on any atom is 0.239 e. The van der Waals surface area contributed by atoms with Crippen LogP contribution >= 0.6 is 0 Å². The van der Waals surface area contributed by atoms with E-state index in [1.54, 1.807) is 18.3 Å². The van der Waals surface area contributed by atoms with Crippen molar-refractivity contribution in [3.8, 4) is 5.88 Å². The SMILES string of the molecule is N=COOCc1nc(O)c2cccn2n1. The number of hydrogen-bond donors (Lipinski definition) is 2. The Morgan fingerprint density at radius 2 is 2.47 bits per heavy atom. The van der Waals surface area contributed by atoms with E-state index in [4.69, 9.17) is 5.41 Å². The summed E-state index contributed by atoms with van der Waals surface area (Å²) in [5.74, 6) is 0.140. The average molecular weight is 208 g/mol. The van der Waals surface area contributed by atoms with Gasteiger partial charge in [0.2, 0.25) is 12.3 Å². The number of aromatic hydroxyl groups is 1. The molecule has 7 nitrogen and oxygen atoms in total. The maximum atomic E-state index is 9.48. The molecule has 0 unspecified atom stereocenters. The second-order valence-electron chi connectivity index (χ2n) is 2.67. The van der Waals surface area contributed by atoms with Crippen LogP contribution < -0.4 is 0 Å². The highest BCUT2D eigenvalue weighted by molar-refractivity contribution is 5.54. The van der Waals surface area contributed by atoms with E-state index in [-0.39, 0.29) is 18.3 Å². The average Bonchev–Trinajstić information content (AvgIpc) is 2.66. The summed E-state index contributed by atoms with van der Waals surface area (Å²) in [6, 6.07) is 3.43. The molecule has 0 saturated heterocycles. The zero-order chi connectivity index (χ0) is 10.7. The number of aromatic nitrogens is 3. The van der Waals surface area contributed by atoms with Gasteiger partial charge in [-0.05, 0) is 12.1 Å². The fourth-order valence-corrected chi connectivity index (χ4v) is 1.14. The first-order chi connectivity index (χ1) is 7.31. The van der Waals surface area contributed by atoms with Gasteiger partial charge in [0.1, 0.15) is 5.52 Å². The quantitative estimate of drug-likeness (QED) is 0.251. The van der Waals surface area contributed by atoms with Crippen molar-refractivity contribution < 1.29 is 14.9 Å². The summed E-state index contributed by atoms with van der Waals surface area (Å²) in [7, 11) is 0. The summed E-state index contributed by atoms with van der Waals surface area (Å²) in [6.45, 7) is -0.0446. The molecule has 0 atom stereocenters. The molecule has 0 bridgehead atoms. The molecule has 0 aliphatic rings. The molecule has 0 amide bonds. The van der Waals surface area contributed by atoms with Crippen molar-refractivity contribution in [2.45, 2.75) is 6.61 Å². The fourth-order valence-electron chi connectivity index (χ4n) is 1.14. The lowest BCUT2D eigenvalue weighted by Crippen LogP contribution is -2.03. The molecule has 15 heavy (non-hydrogen) atoms. The monoisotopic (exact) mass is 208 g/mol. The summed E-state index contributed by atoms with van der Waals surface area (Å²) in [5.41, 5.74) is 0.520. The largest absolute Gasteiger partial charge is 0.492 e. The first kappa shape index (κ1) is 9.41. The van der Waals surface area contributed by atoms with Gasteiger partial charge in [0.15, 0.2) is 12.4 Å². The lowest BCUT2D eigenvalue weighted by Gasteiger charge is -2.02. The first-order valence-electron chi connectivity index (χ1n) is 4.11. The van der Waals surface area contributed by atoms with Crippen LogP contribution in [0.25, 0.3) is 5.52 Å². The first-order valence-corrected chi connectivity index (χ1v) is 4.11. The lowest BCUT2D eigenvalue weighted by molar-refractivity contribution is -0.229. The van der Waals surface area contributed by atoms with Crippen molar-refractivity contribution in [3.05, 3.63) is 24.2 Å². The molecule has 78 valence electrons. The van der Waals surface area contributed by atoms with E-state index in [9.17, 15) is 5.11 Å². The lowest BCUT2D eigenvalue weighted by atomic mass is 10.5. The number of hydrogen-bond acceptors (Lipinski definition) is 6. The summed E-state index contributed by atoms with van der Waals surface area (Å²) >= 11 is 0. The van der Waals surface area contributed by atoms with Crippen LogP contribution in [-0.4, -0.2) is 26.1 Å². The number of nitrogens with one attached hydrogen (secondary N) is 1. The third-order valence-corrected chi connectivity index (χ3v) is 1.72. The number of fused-ring (bicyclic) bond motifs is 1. The van der Waals surface area contributed by atoms with Crippen LogP contribution in [0.15, 0.2) is 18.3 Å². The van der Waals surface area contributed by atoms with Gasteiger partial charge in [-0.25, -0.2) is 4.52 Å². The Hall–Kier alpha value is -2.15. The van der Waals surface area contributed by atoms with E-state index in [2.05, 4.69) is 19.9 Å². The second-order valence-corrected chi connectivity index (χ2v) is 2.67. The molecule has 0 aliphatic carbocycles. The van der Waals surface area contributed by atoms with Crippen LogP contribution in [0.3, 0.4) is 0 Å². The minimum absolute atomic E-state index is 0.0446. The van der Waals surface area contributed by atoms with Crippen LogP contribution in [0.5, 0.6) is 5.88 Å². The molecule has 2 rings (SSSR count). The van der Waals surface area contributed by atoms with Crippen molar-refractivity contribution >= 4 is 11.9 Å². The standard InChI is InChI=1S/C8H8N4O3/c9-5-15-14-4-7-10-8(13)6-2-1-3-12(6)11-7/h1-3,5,9H,4H2,(H,10,11,13). The predicted molar refractivity (Wildman–Crippen MR) is 49.3 cm³/mol. The van der Waals surface area contributed by atoms with Crippen molar-refractivity contribution in [3.63, 3.8) is 0 Å². The van der Waals surface area contributed by atoms with Crippen molar-refractivity contribution in [1.29, 1.82) is 5.41 Å². The molecule has 2 N–H and O–H groups in total. The van der Waals surface area contributed by atoms with E-state index in [1.165, 1.54) is 4.52 Å². The Kier molecular flexibility index (Phi) is 2.46. The predicted octanol–water partition coefficient (Wildman–Crippen LogP) is 0.490. The molecule has 0 radical (unpaired) electrons. The van der Waals surface area contributed by atoms with E-state index in [0.717, 1.165) is 0 Å². The second kappa shape index (κ2) is 3.93. The molecule has 7 heteroatoms. The minimum Gasteiger partial charge on any atom is -0.492 e. The highest BCUT2D eigenvalue weighted by Gasteiger charge is 2.06. The highest BCUT2D eigenvalue weighted by atomic mass is 17.2. The van der Waals surface area contributed by atoms with Crippen LogP contribution in [0.4, 0.5) is 0 Å². The van der Waals surface area contributed by atoms with Gasteiger partial charge in [0.05, 0.1) is 0 Å². The van der Waals surface area contributed by atoms with Crippen LogP contribution in [0.2, 0.25) is 0 Å². The van der Waals surface area contributed by atoms with Gasteiger partial charge in [-0.2, -0.15) is 9.87 Å². The Balaban J connectivity index is 2.24. The Morgan fingerprint density at radius 3 is 3.27 bits per heavy atom. The Bertz CT molecular complexity index is 482. The van der Waals surface area contributed by atoms with Gasteiger partial charge in [0, 0.05) is 6.20 Å². The maximum absolute atomic E-state index is 9.48. The molecule has 2 heterocycles. The van der Waals surface area contributed by atoms with Crippen molar-refractivity contribution in [2.75, 3.05) is 0 Å². The summed E-state index contributed by atoms with van der Waals surface area (Å²) < 4.78 is 1.48. The summed E-state index contributed by atoms with van der Waals surface area (Å²) in [5, 5.41) is 20.1. The molecule has 0 saturated carbocycles. The topological polar surface area (TPSA) is 92.7 Å². The molecule has 0 spiro atoms. The zero-order valence-electron chi connectivity index (χ0n) is 7.62. The molecular formula is C8H8N4O3. The number of nitrogens with zero attached hydrogens (tertiary/aromatic N) is 3. The van der Waals surface area contributed by atoms with E-state index in [1.807, 2.05) is 0 Å². The van der Waals surface area contributed by atoms with Gasteiger partial charge in [-0.3, -0.25) is 5.41 Å². The smallest absolute Gasteiger partial charge is 0.239 e. The van der Waals surface area contributed by atoms with Crippen LogP contribution in [0, 0.1) is 5.41 Å². The molecule has 0 fully saturated rings. The summed E-state index contributed by atoms with van der Waals surface area (Å²) in [4.78, 5) is 12.6. The third-order valence-electron chi connectivity index (χ3n) is 1.72. The molecule has 2 aromatic rings. The van der Waals surface area contributed by atoms with Gasteiger partial charge in [-0.15, -0.1) is 5.10 Å². The third kappa shape index (κ3) is 1.86. The van der Waals surface area contributed by atoms with Crippen molar-refractivity contribution in [1.82, 2.24) is 14.6 Å². The summed E-state index contributed by atoms with van der Waals surface area (Å²) in [6.07, 6.45) is 2.33. The highest BCUT2D eigenvalue weighted by Crippen LogP contribution is 2.14. The van der Waals surface area contributed by atoms with Crippen molar-refractivity contribution in [2.24, 2.45) is 0 Å². The van der Waals surface area contributed by atoms with Gasteiger partial charge in [-0.1, -0.05) is 0 Å². The van der Waals surface area contributed by atoms with E-state index >= 15 is 0 Å². The minimum atomic E-state index is -0.122. The molecular weight excluding hydrogens is 200 g/mol. The van der Waals surface area contributed by atoms with Gasteiger partial charge >= 0.3 is 0 Å². The Morgan fingerprint density at radius 1 is 1.60 bits per heavy atom. The van der Waals surface area contributed by atoms with Gasteiger partial charge in [0.25, 0.3) is 0 Å². The van der Waals surface area contributed by atoms with Crippen LogP contribution in [0.1, 0.15) is 5.82 Å². The molecule has 0 aliphatic heterocycles. The fraction of sp³-hybridized carbons (Fsp3) is 0.125. The van der Waals surface area contributed by atoms with E-state index in [0.29, 0.717) is 11.9 Å². The van der Waals surface area contributed by atoms with Gasteiger partial charge < -0.3 is 9.99 Å². The normalized spacial score (nSPS) is 10.4. The molecule has 2 aromatic heterocycles. The Labute approximate surface area is 84.3 Å². The molecule has 0 aromatic carbocycles. The zero-order valence-corrected chi connectivity index (χ0v) is 7.62. The number of rotatable bonds is 4. The van der Waals surface area contributed by atoms with Crippen LogP contribution in [-0.2, 0) is 16.4 Å².